The molecule has 2 aliphatic carbocycles. The number of amides is 1. The van der Waals surface area contributed by atoms with Crippen LogP contribution in [0.1, 0.15) is 100 Å². The number of para-hydroxylation sites is 1. The van der Waals surface area contributed by atoms with Crippen molar-refractivity contribution in [3.05, 3.63) is 187 Å². The Bertz CT molecular complexity index is 3180. The van der Waals surface area contributed by atoms with Crippen LogP contribution >= 0.6 is 0 Å². The van der Waals surface area contributed by atoms with Gasteiger partial charge < -0.3 is 19.1 Å². The molecule has 18 heteroatoms. The number of imidazole rings is 2. The third-order valence-electron chi connectivity index (χ3n) is 13.6. The molecule has 9 aromatic rings. The lowest BCUT2D eigenvalue weighted by atomic mass is 9.88. The Labute approximate surface area is 448 Å². The second-order valence-corrected chi connectivity index (χ2v) is 19.2. The molecule has 2 aliphatic rings. The zero-order chi connectivity index (χ0) is 53.0. The molecule has 18 nitrogen and oxygen atoms in total. The third kappa shape index (κ3) is 15.6. The van der Waals surface area contributed by atoms with Crippen LogP contribution in [0, 0.1) is 5.92 Å². The van der Waals surface area contributed by atoms with Gasteiger partial charge in [-0.05, 0) is 101 Å². The van der Waals surface area contributed by atoms with E-state index < -0.39 is 6.09 Å². The number of rotatable bonds is 15. The van der Waals surface area contributed by atoms with E-state index in [2.05, 4.69) is 47.7 Å². The van der Waals surface area contributed by atoms with Crippen molar-refractivity contribution >= 4 is 12.1 Å². The Kier molecular flexibility index (Phi) is 18.7. The summed E-state index contributed by atoms with van der Waals surface area (Å²) >= 11 is 0. The molecule has 11 rings (SSSR count). The number of carbonyl (C=O) groups is 2. The smallest absolute Gasteiger partial charge is 0.424 e. The number of benzene rings is 5. The summed E-state index contributed by atoms with van der Waals surface area (Å²) in [6.07, 6.45) is 20.6. The van der Waals surface area contributed by atoms with Crippen molar-refractivity contribution in [1.82, 2.24) is 64.4 Å². The molecule has 77 heavy (non-hydrogen) atoms. The summed E-state index contributed by atoms with van der Waals surface area (Å²) in [5.41, 5.74) is 5.34. The fourth-order valence-electron chi connectivity index (χ4n) is 9.23. The minimum absolute atomic E-state index is 0.0385. The highest BCUT2D eigenvalue weighted by Crippen LogP contribution is 2.27. The van der Waals surface area contributed by atoms with E-state index in [9.17, 15) is 9.59 Å². The van der Waals surface area contributed by atoms with E-state index in [1.54, 1.807) is 52.4 Å². The van der Waals surface area contributed by atoms with Gasteiger partial charge in [-0.2, -0.15) is 9.59 Å². The molecule has 0 atom stereocenters. The van der Waals surface area contributed by atoms with Crippen LogP contribution in [0.15, 0.2) is 165 Å². The maximum atomic E-state index is 12.9. The number of ether oxygens (including phenoxy) is 3. The van der Waals surface area contributed by atoms with E-state index in [-0.39, 0.29) is 19.2 Å². The van der Waals surface area contributed by atoms with Gasteiger partial charge in [-0.25, -0.2) is 24.1 Å². The van der Waals surface area contributed by atoms with Gasteiger partial charge in [0.25, 0.3) is 0 Å². The molecular weight excluding hydrogens is 971 g/mol. The van der Waals surface area contributed by atoms with Crippen LogP contribution in [0.5, 0.6) is 17.2 Å². The number of hydrogen-bond acceptors (Lipinski definition) is 13. The largest absolute Gasteiger partial charge is 0.485 e. The quantitative estimate of drug-likeness (QED) is 0.0944. The van der Waals surface area contributed by atoms with Crippen molar-refractivity contribution < 1.29 is 23.8 Å². The number of tetrazole rings is 2. The first-order valence-corrected chi connectivity index (χ1v) is 26.5. The van der Waals surface area contributed by atoms with Crippen molar-refractivity contribution in [3.63, 3.8) is 0 Å². The zero-order valence-electron chi connectivity index (χ0n) is 43.7. The Morgan fingerprint density at radius 1 is 0.545 bits per heavy atom. The second-order valence-electron chi connectivity index (χ2n) is 19.2. The van der Waals surface area contributed by atoms with E-state index in [0.717, 1.165) is 46.7 Å². The molecule has 2 saturated carbocycles. The topological polar surface area (TPSA) is 188 Å². The number of aromatic nitrogens is 12. The first-order valence-electron chi connectivity index (χ1n) is 26.5. The first-order chi connectivity index (χ1) is 37.8. The van der Waals surface area contributed by atoms with Crippen molar-refractivity contribution in [1.29, 1.82) is 0 Å². The van der Waals surface area contributed by atoms with Crippen molar-refractivity contribution in [2.24, 2.45) is 5.92 Å². The average molecular weight is 1040 g/mol. The predicted octanol–water partition coefficient (Wildman–Crippen LogP) is 11.6. The fraction of sp³-hybridized carbons (Fsp3) is 0.322. The summed E-state index contributed by atoms with van der Waals surface area (Å²) in [6.45, 7) is 3.86. The lowest BCUT2D eigenvalue weighted by Gasteiger charge is -2.31. The predicted molar refractivity (Wildman–Crippen MR) is 291 cm³/mol. The molecule has 0 radical (unpaired) electrons. The van der Waals surface area contributed by atoms with E-state index in [1.165, 1.54) is 73.5 Å². The highest BCUT2D eigenvalue weighted by atomic mass is 16.6. The van der Waals surface area contributed by atoms with Gasteiger partial charge in [0.05, 0.1) is 24.5 Å². The summed E-state index contributed by atoms with van der Waals surface area (Å²) < 4.78 is 19.8. The summed E-state index contributed by atoms with van der Waals surface area (Å²) in [5.74, 6) is 3.93. The van der Waals surface area contributed by atoms with Gasteiger partial charge >= 0.3 is 12.1 Å². The number of nitrogens with zero attached hydrogens (tertiary/aromatic N) is 13. The number of carbonyl (C=O) groups excluding carboxylic acids is 2. The highest BCUT2D eigenvalue weighted by molar-refractivity contribution is 5.78. The monoisotopic (exact) mass is 1040 g/mol. The lowest BCUT2D eigenvalue weighted by Crippen LogP contribution is -2.40. The van der Waals surface area contributed by atoms with Crippen molar-refractivity contribution in [2.45, 2.75) is 110 Å². The Morgan fingerprint density at radius 2 is 1.00 bits per heavy atom. The zero-order valence-corrected chi connectivity index (χ0v) is 43.7. The molecule has 2 fully saturated rings. The molecule has 1 amide bonds. The van der Waals surface area contributed by atoms with E-state index in [0.29, 0.717) is 53.7 Å². The molecule has 4 heterocycles. The lowest BCUT2D eigenvalue weighted by molar-refractivity contribution is 0.175. The van der Waals surface area contributed by atoms with Gasteiger partial charge in [0.1, 0.15) is 29.9 Å². The van der Waals surface area contributed by atoms with Crippen LogP contribution in [-0.4, -0.2) is 89.6 Å². The van der Waals surface area contributed by atoms with Crippen LogP contribution in [-0.2, 0) is 26.3 Å². The maximum absolute atomic E-state index is 12.9. The Balaban J connectivity index is 0.000000164. The summed E-state index contributed by atoms with van der Waals surface area (Å²) in [5, 5.41) is 25.0. The van der Waals surface area contributed by atoms with Crippen LogP contribution < -0.4 is 14.2 Å². The van der Waals surface area contributed by atoms with Gasteiger partial charge in [-0.3, -0.25) is 4.57 Å². The molecule has 396 valence electrons. The minimum Gasteiger partial charge on any atom is -0.485 e. The van der Waals surface area contributed by atoms with Gasteiger partial charge in [0.15, 0.2) is 13.2 Å². The SMILES string of the molecule is CCC1CCCCC1.CN(C(=O)n1cnc(-c2ccc(OCc3nnn(Cc4ccccc4)n3)cc2)c1)C1CCCCC1.O=C(Oc1ccccc1)n1cnc(-c2ccc(OCc3nnn(Cc4ccccc4)n3)cc2)c1. The molecular formula is C59H65N13O5. The highest BCUT2D eigenvalue weighted by Gasteiger charge is 2.23. The van der Waals surface area contributed by atoms with Gasteiger partial charge in [0, 0.05) is 36.6 Å². The first kappa shape index (κ1) is 53.0. The van der Waals surface area contributed by atoms with E-state index in [1.807, 2.05) is 127 Å². The number of hydrogen-bond donors (Lipinski definition) is 0. The van der Waals surface area contributed by atoms with Gasteiger partial charge in [-0.1, -0.05) is 144 Å². The minimum atomic E-state index is -0.530. The van der Waals surface area contributed by atoms with Crippen LogP contribution in [0.25, 0.3) is 22.5 Å². The van der Waals surface area contributed by atoms with Crippen molar-refractivity contribution in [2.75, 3.05) is 7.05 Å². The second kappa shape index (κ2) is 27.1. The summed E-state index contributed by atoms with van der Waals surface area (Å²) in [4.78, 5) is 38.9. The molecule has 0 spiro atoms. The molecule has 5 aromatic carbocycles. The van der Waals surface area contributed by atoms with E-state index >= 15 is 0 Å². The van der Waals surface area contributed by atoms with Crippen LogP contribution in [0.4, 0.5) is 9.59 Å². The van der Waals surface area contributed by atoms with Crippen molar-refractivity contribution in [3.8, 4) is 39.8 Å². The standard InChI is InChI=1S/C26H29N7O2.C25H20N6O3.C8H16/c1-31(22-10-6-3-7-11-22)26(34)32-17-24(27-19-32)21-12-14-23(15-13-21)35-18-25-28-30-33(29-25)16-20-8-4-2-5-9-20;32-25(34-22-9-5-2-6-10-22)30-16-23(26-18-30)20-11-13-21(14-12-20)33-17-24-27-29-31(28-24)15-19-7-3-1-4-8-19;1-2-8-6-4-3-5-7-8/h2,4-5,8-9,12-15,17,19,22H,3,6-7,10-11,16,18H2,1H3;1-14,16,18H,15,17H2;8H,2-7H2,1H3. The molecule has 0 bridgehead atoms. The normalized spacial score (nSPS) is 13.6. The Hall–Kier alpha value is -8.80. The molecule has 0 aliphatic heterocycles. The van der Waals surface area contributed by atoms with Crippen LogP contribution in [0.3, 0.4) is 0 Å². The molecule has 4 aromatic heterocycles. The average Bonchev–Trinajstić information content (AvgIpc) is 4.36. The third-order valence-corrected chi connectivity index (χ3v) is 13.6. The van der Waals surface area contributed by atoms with E-state index in [4.69, 9.17) is 14.2 Å². The summed E-state index contributed by atoms with van der Waals surface area (Å²) in [7, 11) is 1.89. The fourth-order valence-corrected chi connectivity index (χ4v) is 9.23. The molecule has 0 unspecified atom stereocenters. The molecule has 0 saturated heterocycles. The van der Waals surface area contributed by atoms with Gasteiger partial charge in [0.2, 0.25) is 11.6 Å². The van der Waals surface area contributed by atoms with Gasteiger partial charge in [-0.15, -0.1) is 20.4 Å². The van der Waals surface area contributed by atoms with Crippen LogP contribution in [0.2, 0.25) is 0 Å². The maximum Gasteiger partial charge on any atom is 0.424 e. The molecule has 0 N–H and O–H groups in total. The Morgan fingerprint density at radius 3 is 1.48 bits per heavy atom. The summed E-state index contributed by atoms with van der Waals surface area (Å²) in [6, 6.07) is 44.1.